The Morgan fingerprint density at radius 2 is 1.80 bits per heavy atom. The van der Waals surface area contributed by atoms with Crippen LogP contribution in [0.2, 0.25) is 0 Å². The second-order valence-electron chi connectivity index (χ2n) is 9.13. The van der Waals surface area contributed by atoms with Crippen LogP contribution in [-0.4, -0.2) is 74.9 Å². The summed E-state index contributed by atoms with van der Waals surface area (Å²) >= 11 is 1.63. The van der Waals surface area contributed by atoms with Crippen molar-refractivity contribution in [3.05, 3.63) is 48.0 Å². The number of hydrogen-bond donors (Lipinski definition) is 0. The van der Waals surface area contributed by atoms with Crippen molar-refractivity contribution in [1.82, 2.24) is 14.2 Å². The van der Waals surface area contributed by atoms with Gasteiger partial charge < -0.3 is 14.5 Å². The van der Waals surface area contributed by atoms with E-state index in [2.05, 4.69) is 4.90 Å². The van der Waals surface area contributed by atoms with Gasteiger partial charge in [0, 0.05) is 39.3 Å². The lowest BCUT2D eigenvalue weighted by Crippen LogP contribution is -2.53. The van der Waals surface area contributed by atoms with Crippen LogP contribution in [0.15, 0.2) is 47.4 Å². The number of rotatable bonds is 5. The summed E-state index contributed by atoms with van der Waals surface area (Å²) in [6.45, 7) is 5.24. The van der Waals surface area contributed by atoms with Gasteiger partial charge in [-0.05, 0) is 44.0 Å². The van der Waals surface area contributed by atoms with E-state index in [1.807, 2.05) is 30.0 Å². The SMILES string of the molecule is COc1cccc2sc(N3CCN(C(=O)C4CCCN(S(=O)(=O)c5ccc(C)cc5)C4)CC3)nc12. The van der Waals surface area contributed by atoms with Crippen molar-refractivity contribution in [3.8, 4) is 5.75 Å². The molecule has 2 aromatic carbocycles. The average molecular weight is 515 g/mol. The summed E-state index contributed by atoms with van der Waals surface area (Å²) in [6.07, 6.45) is 1.41. The molecule has 0 saturated carbocycles. The number of ether oxygens (including phenoxy) is 1. The Morgan fingerprint density at radius 1 is 1.06 bits per heavy atom. The fourth-order valence-corrected chi connectivity index (χ4v) is 7.37. The number of thiazole rings is 1. The molecule has 1 atom stereocenters. The molecule has 0 spiro atoms. The van der Waals surface area contributed by atoms with E-state index in [-0.39, 0.29) is 23.3 Å². The van der Waals surface area contributed by atoms with Gasteiger partial charge in [0.05, 0.1) is 22.6 Å². The highest BCUT2D eigenvalue weighted by Gasteiger charge is 2.36. The van der Waals surface area contributed by atoms with Crippen LogP contribution in [0.1, 0.15) is 18.4 Å². The smallest absolute Gasteiger partial charge is 0.243 e. The lowest BCUT2D eigenvalue weighted by atomic mass is 9.98. The Labute approximate surface area is 210 Å². The molecule has 3 heterocycles. The maximum Gasteiger partial charge on any atom is 0.243 e. The Hall–Kier alpha value is -2.69. The summed E-state index contributed by atoms with van der Waals surface area (Å²) in [4.78, 5) is 22.5. The summed E-state index contributed by atoms with van der Waals surface area (Å²) in [5.41, 5.74) is 1.88. The zero-order chi connectivity index (χ0) is 24.6. The molecule has 2 aliphatic heterocycles. The number of para-hydroxylation sites is 1. The number of carbonyl (C=O) groups excluding carboxylic acids is 1. The normalized spacial score (nSPS) is 19.8. The fraction of sp³-hybridized carbons (Fsp3) is 0.440. The monoisotopic (exact) mass is 514 g/mol. The second kappa shape index (κ2) is 9.75. The van der Waals surface area contributed by atoms with Crippen molar-refractivity contribution in [3.63, 3.8) is 0 Å². The first-order valence-electron chi connectivity index (χ1n) is 11.9. The second-order valence-corrected chi connectivity index (χ2v) is 12.1. The van der Waals surface area contributed by atoms with Gasteiger partial charge in [-0.25, -0.2) is 13.4 Å². The molecule has 0 radical (unpaired) electrons. The number of aromatic nitrogens is 1. The van der Waals surface area contributed by atoms with Crippen LogP contribution in [0, 0.1) is 12.8 Å². The Balaban J connectivity index is 1.22. The number of nitrogens with zero attached hydrogens (tertiary/aromatic N) is 4. The quantitative estimate of drug-likeness (QED) is 0.519. The molecule has 3 aromatic rings. The van der Waals surface area contributed by atoms with Crippen molar-refractivity contribution < 1.29 is 17.9 Å². The molecular formula is C25H30N4O4S2. The highest BCUT2D eigenvalue weighted by Crippen LogP contribution is 2.34. The summed E-state index contributed by atoms with van der Waals surface area (Å²) in [5.74, 6) is 0.517. The zero-order valence-corrected chi connectivity index (χ0v) is 21.6. The number of amides is 1. The topological polar surface area (TPSA) is 83.0 Å². The first-order chi connectivity index (χ1) is 16.9. The maximum absolute atomic E-state index is 13.3. The predicted molar refractivity (Wildman–Crippen MR) is 138 cm³/mol. The van der Waals surface area contributed by atoms with Gasteiger partial charge >= 0.3 is 0 Å². The van der Waals surface area contributed by atoms with E-state index in [1.54, 1.807) is 42.7 Å². The average Bonchev–Trinajstić information content (AvgIpc) is 3.33. The van der Waals surface area contributed by atoms with Crippen LogP contribution in [-0.2, 0) is 14.8 Å². The Morgan fingerprint density at radius 3 is 2.51 bits per heavy atom. The first-order valence-corrected chi connectivity index (χ1v) is 14.2. The summed E-state index contributed by atoms with van der Waals surface area (Å²) in [7, 11) is -1.95. The number of carbonyl (C=O) groups is 1. The lowest BCUT2D eigenvalue weighted by Gasteiger charge is -2.38. The van der Waals surface area contributed by atoms with Gasteiger partial charge in [0.1, 0.15) is 11.3 Å². The maximum atomic E-state index is 13.3. The van der Waals surface area contributed by atoms with Gasteiger partial charge in [0.15, 0.2) is 5.13 Å². The molecular weight excluding hydrogens is 484 g/mol. The third-order valence-electron chi connectivity index (χ3n) is 6.84. The summed E-state index contributed by atoms with van der Waals surface area (Å²) < 4.78 is 34.3. The van der Waals surface area contributed by atoms with E-state index in [0.29, 0.717) is 39.1 Å². The molecule has 1 aromatic heterocycles. The summed E-state index contributed by atoms with van der Waals surface area (Å²) in [5, 5.41) is 0.935. The zero-order valence-electron chi connectivity index (χ0n) is 20.0. The standard InChI is InChI=1S/C25H30N4O4S2/c1-18-8-10-20(11-9-18)35(31,32)29-12-4-5-19(17-29)24(30)27-13-15-28(16-14-27)25-26-23-21(33-2)6-3-7-22(23)34-25/h3,6-11,19H,4-5,12-17H2,1-2H3. The molecule has 1 amide bonds. The molecule has 0 aliphatic carbocycles. The van der Waals surface area contributed by atoms with Crippen LogP contribution < -0.4 is 9.64 Å². The number of fused-ring (bicyclic) bond motifs is 1. The number of piperazine rings is 1. The molecule has 1 unspecified atom stereocenters. The van der Waals surface area contributed by atoms with Gasteiger partial charge in [-0.1, -0.05) is 35.1 Å². The molecule has 35 heavy (non-hydrogen) atoms. The van der Waals surface area contributed by atoms with E-state index in [1.165, 1.54) is 4.31 Å². The molecule has 8 nitrogen and oxygen atoms in total. The van der Waals surface area contributed by atoms with E-state index in [0.717, 1.165) is 33.1 Å². The van der Waals surface area contributed by atoms with Crippen molar-refractivity contribution in [2.45, 2.75) is 24.7 Å². The van der Waals surface area contributed by atoms with Crippen molar-refractivity contribution in [1.29, 1.82) is 0 Å². The van der Waals surface area contributed by atoms with Gasteiger partial charge in [0.25, 0.3) is 0 Å². The van der Waals surface area contributed by atoms with Crippen LogP contribution in [0.5, 0.6) is 5.75 Å². The Kier molecular flexibility index (Phi) is 6.69. The van der Waals surface area contributed by atoms with Crippen molar-refractivity contribution in [2.75, 3.05) is 51.3 Å². The number of aryl methyl sites for hydroxylation is 1. The number of sulfonamides is 1. The van der Waals surface area contributed by atoms with E-state index >= 15 is 0 Å². The number of hydrogen-bond acceptors (Lipinski definition) is 7. The van der Waals surface area contributed by atoms with Gasteiger partial charge in [0.2, 0.25) is 15.9 Å². The molecule has 5 rings (SSSR count). The molecule has 0 bridgehead atoms. The van der Waals surface area contributed by atoms with Crippen molar-refractivity contribution >= 4 is 42.6 Å². The van der Waals surface area contributed by atoms with Crippen LogP contribution >= 0.6 is 11.3 Å². The first kappa shape index (κ1) is 24.0. The van der Waals surface area contributed by atoms with Gasteiger partial charge in [-0.15, -0.1) is 0 Å². The van der Waals surface area contributed by atoms with Crippen LogP contribution in [0.4, 0.5) is 5.13 Å². The van der Waals surface area contributed by atoms with Crippen molar-refractivity contribution in [2.24, 2.45) is 5.92 Å². The summed E-state index contributed by atoms with van der Waals surface area (Å²) in [6, 6.07) is 12.8. The predicted octanol–water partition coefficient (Wildman–Crippen LogP) is 3.36. The Bertz CT molecular complexity index is 1310. The molecule has 2 saturated heterocycles. The van der Waals surface area contributed by atoms with Crippen LogP contribution in [0.25, 0.3) is 10.2 Å². The van der Waals surface area contributed by atoms with Crippen LogP contribution in [0.3, 0.4) is 0 Å². The highest BCUT2D eigenvalue weighted by atomic mass is 32.2. The fourth-order valence-electron chi connectivity index (χ4n) is 4.81. The van der Waals surface area contributed by atoms with Gasteiger partial charge in [-0.3, -0.25) is 4.79 Å². The van der Waals surface area contributed by atoms with E-state index in [9.17, 15) is 13.2 Å². The highest BCUT2D eigenvalue weighted by molar-refractivity contribution is 7.89. The van der Waals surface area contributed by atoms with E-state index in [4.69, 9.17) is 9.72 Å². The minimum Gasteiger partial charge on any atom is -0.494 e. The molecule has 10 heteroatoms. The molecule has 2 aliphatic rings. The lowest BCUT2D eigenvalue weighted by molar-refractivity contribution is -0.137. The number of piperidine rings is 1. The number of benzene rings is 2. The molecule has 2 fully saturated rings. The third-order valence-corrected chi connectivity index (χ3v) is 9.81. The minimum atomic E-state index is -3.60. The largest absolute Gasteiger partial charge is 0.494 e. The molecule has 0 N–H and O–H groups in total. The third kappa shape index (κ3) is 4.74. The number of methoxy groups -OCH3 is 1. The number of anilines is 1. The molecule has 186 valence electrons. The van der Waals surface area contributed by atoms with Gasteiger partial charge in [-0.2, -0.15) is 4.31 Å². The van der Waals surface area contributed by atoms with E-state index < -0.39 is 10.0 Å². The minimum absolute atomic E-state index is 0.0550.